The first kappa shape index (κ1) is 8.57. The monoisotopic (exact) mass is 194 g/mol. The van der Waals surface area contributed by atoms with Crippen LogP contribution in [0.3, 0.4) is 0 Å². The summed E-state index contributed by atoms with van der Waals surface area (Å²) >= 11 is 0. The third kappa shape index (κ3) is 1.30. The van der Waals surface area contributed by atoms with E-state index in [9.17, 15) is 4.79 Å². The van der Waals surface area contributed by atoms with Gasteiger partial charge in [-0.15, -0.1) is 0 Å². The molecule has 3 fully saturated rings. The zero-order valence-corrected chi connectivity index (χ0v) is 8.54. The topological polar surface area (TPSA) is 32.3 Å². The number of hydrogen-bond donors (Lipinski definition) is 1. The lowest BCUT2D eigenvalue weighted by molar-refractivity contribution is 0.116. The second kappa shape index (κ2) is 3.14. The van der Waals surface area contributed by atoms with Gasteiger partial charge in [-0.3, -0.25) is 0 Å². The van der Waals surface area contributed by atoms with Crippen LogP contribution in [-0.4, -0.2) is 30.1 Å². The predicted octanol–water partition coefficient (Wildman–Crippen LogP) is 1.59. The van der Waals surface area contributed by atoms with Crippen molar-refractivity contribution >= 4 is 6.03 Å². The largest absolute Gasteiger partial charge is 0.336 e. The molecule has 2 aliphatic carbocycles. The quantitative estimate of drug-likeness (QED) is 0.727. The minimum absolute atomic E-state index is 0.189. The van der Waals surface area contributed by atoms with Gasteiger partial charge in [-0.25, -0.2) is 4.79 Å². The molecule has 2 saturated carbocycles. The van der Waals surface area contributed by atoms with E-state index < -0.39 is 0 Å². The van der Waals surface area contributed by atoms with Gasteiger partial charge in [0, 0.05) is 19.1 Å². The minimum Gasteiger partial charge on any atom is -0.336 e. The Morgan fingerprint density at radius 1 is 1.21 bits per heavy atom. The van der Waals surface area contributed by atoms with Crippen molar-refractivity contribution in [1.29, 1.82) is 0 Å². The molecule has 0 bridgehead atoms. The lowest BCUT2D eigenvalue weighted by Crippen LogP contribution is -2.46. The van der Waals surface area contributed by atoms with Crippen LogP contribution in [0.1, 0.15) is 32.1 Å². The number of nitrogens with zero attached hydrogens (tertiary/aromatic N) is 1. The summed E-state index contributed by atoms with van der Waals surface area (Å²) in [4.78, 5) is 13.7. The highest BCUT2D eigenvalue weighted by atomic mass is 16.2. The summed E-state index contributed by atoms with van der Waals surface area (Å²) in [5, 5.41) is 2.92. The van der Waals surface area contributed by atoms with Crippen LogP contribution in [0, 0.1) is 11.8 Å². The number of urea groups is 1. The summed E-state index contributed by atoms with van der Waals surface area (Å²) in [5.41, 5.74) is 0. The zero-order chi connectivity index (χ0) is 9.54. The molecule has 0 radical (unpaired) electrons. The molecule has 78 valence electrons. The van der Waals surface area contributed by atoms with Gasteiger partial charge in [-0.05, 0) is 37.5 Å². The maximum absolute atomic E-state index is 11.6. The third-order valence-corrected chi connectivity index (χ3v) is 3.99. The normalized spacial score (nSPS) is 30.0. The lowest BCUT2D eigenvalue weighted by atomic mass is 9.77. The molecule has 1 N–H and O–H groups in total. The van der Waals surface area contributed by atoms with Crippen LogP contribution in [0.5, 0.6) is 0 Å². The highest BCUT2D eigenvalue weighted by Gasteiger charge is 2.44. The van der Waals surface area contributed by atoms with Crippen LogP contribution in [-0.2, 0) is 0 Å². The maximum atomic E-state index is 11.6. The molecule has 0 aromatic carbocycles. The average molecular weight is 194 g/mol. The first-order chi connectivity index (χ1) is 6.86. The molecule has 1 aliphatic heterocycles. The van der Waals surface area contributed by atoms with Gasteiger partial charge in [0.15, 0.2) is 0 Å². The van der Waals surface area contributed by atoms with E-state index in [1.807, 2.05) is 0 Å². The van der Waals surface area contributed by atoms with Crippen LogP contribution >= 0.6 is 0 Å². The van der Waals surface area contributed by atoms with Crippen LogP contribution in [0.2, 0.25) is 0 Å². The zero-order valence-electron chi connectivity index (χ0n) is 8.54. The molecule has 1 atom stereocenters. The summed E-state index contributed by atoms with van der Waals surface area (Å²) in [6.07, 6.45) is 6.79. The van der Waals surface area contributed by atoms with Crippen molar-refractivity contribution in [2.45, 2.75) is 38.1 Å². The molecule has 3 nitrogen and oxygen atoms in total. The molecule has 0 aromatic heterocycles. The van der Waals surface area contributed by atoms with E-state index in [4.69, 9.17) is 0 Å². The Labute approximate surface area is 84.8 Å². The van der Waals surface area contributed by atoms with E-state index in [1.165, 1.54) is 32.1 Å². The summed E-state index contributed by atoms with van der Waals surface area (Å²) < 4.78 is 0. The SMILES string of the molecule is O=C1NCCN1C(C1CCC1)C1CC1. The van der Waals surface area contributed by atoms with Crippen molar-refractivity contribution in [1.82, 2.24) is 10.2 Å². The summed E-state index contributed by atoms with van der Waals surface area (Å²) in [5.74, 6) is 1.66. The van der Waals surface area contributed by atoms with E-state index >= 15 is 0 Å². The smallest absolute Gasteiger partial charge is 0.317 e. The van der Waals surface area contributed by atoms with Gasteiger partial charge in [0.1, 0.15) is 0 Å². The summed E-state index contributed by atoms with van der Waals surface area (Å²) in [6, 6.07) is 0.778. The molecular weight excluding hydrogens is 176 g/mol. The van der Waals surface area contributed by atoms with Gasteiger partial charge in [-0.1, -0.05) is 6.42 Å². The van der Waals surface area contributed by atoms with Crippen molar-refractivity contribution < 1.29 is 4.79 Å². The average Bonchev–Trinajstić information content (AvgIpc) is 2.83. The first-order valence-electron chi connectivity index (χ1n) is 5.91. The molecule has 3 aliphatic rings. The molecule has 1 heterocycles. The standard InChI is InChI=1S/C11H18N2O/c14-11-12-6-7-13(11)10(9-4-5-9)8-2-1-3-8/h8-10H,1-7H2,(H,12,14). The summed E-state index contributed by atoms with van der Waals surface area (Å²) in [7, 11) is 0. The number of nitrogens with one attached hydrogen (secondary N) is 1. The van der Waals surface area contributed by atoms with Crippen molar-refractivity contribution in [2.24, 2.45) is 11.8 Å². The molecule has 14 heavy (non-hydrogen) atoms. The number of hydrogen-bond acceptors (Lipinski definition) is 1. The van der Waals surface area contributed by atoms with Gasteiger partial charge < -0.3 is 10.2 Å². The minimum atomic E-state index is 0.189. The van der Waals surface area contributed by atoms with E-state index in [-0.39, 0.29) is 6.03 Å². The van der Waals surface area contributed by atoms with E-state index in [0.29, 0.717) is 6.04 Å². The molecule has 3 heteroatoms. The van der Waals surface area contributed by atoms with Crippen molar-refractivity contribution in [3.8, 4) is 0 Å². The van der Waals surface area contributed by atoms with Crippen LogP contribution in [0.15, 0.2) is 0 Å². The predicted molar refractivity (Wildman–Crippen MR) is 54.0 cm³/mol. The molecule has 2 amide bonds. The Hall–Kier alpha value is -0.730. The fourth-order valence-electron chi connectivity index (χ4n) is 2.88. The lowest BCUT2D eigenvalue weighted by Gasteiger charge is -2.39. The van der Waals surface area contributed by atoms with Crippen molar-refractivity contribution in [2.75, 3.05) is 13.1 Å². The fourth-order valence-corrected chi connectivity index (χ4v) is 2.88. The van der Waals surface area contributed by atoms with Crippen LogP contribution in [0.4, 0.5) is 4.79 Å². The highest BCUT2D eigenvalue weighted by molar-refractivity contribution is 5.76. The van der Waals surface area contributed by atoms with Gasteiger partial charge in [-0.2, -0.15) is 0 Å². The Morgan fingerprint density at radius 2 is 1.93 bits per heavy atom. The molecular formula is C11H18N2O. The van der Waals surface area contributed by atoms with E-state index in [2.05, 4.69) is 10.2 Å². The van der Waals surface area contributed by atoms with Gasteiger partial charge in [0.25, 0.3) is 0 Å². The second-order valence-electron chi connectivity index (χ2n) is 4.94. The van der Waals surface area contributed by atoms with Gasteiger partial charge in [0.05, 0.1) is 0 Å². The maximum Gasteiger partial charge on any atom is 0.317 e. The molecule has 0 aromatic rings. The van der Waals surface area contributed by atoms with Gasteiger partial charge in [0.2, 0.25) is 0 Å². The fraction of sp³-hybridized carbons (Fsp3) is 0.909. The second-order valence-corrected chi connectivity index (χ2v) is 4.94. The highest BCUT2D eigenvalue weighted by Crippen LogP contribution is 2.45. The summed E-state index contributed by atoms with van der Waals surface area (Å²) in [6.45, 7) is 1.80. The molecule has 0 spiro atoms. The number of carbonyl (C=O) groups is 1. The number of carbonyl (C=O) groups excluding carboxylic acids is 1. The van der Waals surface area contributed by atoms with E-state index in [0.717, 1.165) is 24.9 Å². The third-order valence-electron chi connectivity index (χ3n) is 3.99. The van der Waals surface area contributed by atoms with Crippen molar-refractivity contribution in [3.63, 3.8) is 0 Å². The first-order valence-corrected chi connectivity index (χ1v) is 5.91. The molecule has 1 saturated heterocycles. The van der Waals surface area contributed by atoms with Crippen LogP contribution in [0.25, 0.3) is 0 Å². The Morgan fingerprint density at radius 3 is 2.36 bits per heavy atom. The molecule has 3 rings (SSSR count). The Bertz CT molecular complexity index is 246. The Kier molecular flexibility index (Phi) is 1.92. The molecule has 1 unspecified atom stereocenters. The number of amides is 2. The van der Waals surface area contributed by atoms with Crippen LogP contribution < -0.4 is 5.32 Å². The van der Waals surface area contributed by atoms with E-state index in [1.54, 1.807) is 0 Å². The number of rotatable bonds is 3. The Balaban J connectivity index is 1.73. The van der Waals surface area contributed by atoms with Gasteiger partial charge >= 0.3 is 6.03 Å². The van der Waals surface area contributed by atoms with Crippen molar-refractivity contribution in [3.05, 3.63) is 0 Å².